The van der Waals surface area contributed by atoms with Crippen molar-refractivity contribution < 1.29 is 0 Å². The third kappa shape index (κ3) is 3.20. The minimum absolute atomic E-state index is 0.817. The van der Waals surface area contributed by atoms with Crippen LogP contribution in [0.25, 0.3) is 0 Å². The molecule has 2 nitrogen and oxygen atoms in total. The first-order valence-corrected chi connectivity index (χ1v) is 9.67. The monoisotopic (exact) mass is 304 g/mol. The van der Waals surface area contributed by atoms with E-state index < -0.39 is 0 Å². The van der Waals surface area contributed by atoms with E-state index in [1.165, 1.54) is 62.9 Å². The molecule has 1 N–H and O–H groups in total. The van der Waals surface area contributed by atoms with E-state index >= 15 is 0 Å². The summed E-state index contributed by atoms with van der Waals surface area (Å²) in [4.78, 5) is 5.88. The SMILES string of the molecule is Cc1sc(CNC2CC2)cc1CN1CCCC2CCCC21. The zero-order valence-corrected chi connectivity index (χ0v) is 14.1. The average molecular weight is 305 g/mol. The number of nitrogens with zero attached hydrogens (tertiary/aromatic N) is 1. The molecule has 3 aliphatic rings. The molecule has 0 radical (unpaired) electrons. The maximum Gasteiger partial charge on any atom is 0.0302 e. The number of piperidine rings is 1. The van der Waals surface area contributed by atoms with Crippen LogP contribution in [0.15, 0.2) is 6.07 Å². The Hall–Kier alpha value is -0.380. The van der Waals surface area contributed by atoms with E-state index in [4.69, 9.17) is 0 Å². The number of rotatable bonds is 5. The fourth-order valence-corrected chi connectivity index (χ4v) is 5.34. The third-order valence-corrected chi connectivity index (χ3v) is 6.79. The van der Waals surface area contributed by atoms with Crippen molar-refractivity contribution >= 4 is 11.3 Å². The zero-order valence-electron chi connectivity index (χ0n) is 13.2. The number of fused-ring (bicyclic) bond motifs is 1. The van der Waals surface area contributed by atoms with Gasteiger partial charge in [0.15, 0.2) is 0 Å². The summed E-state index contributed by atoms with van der Waals surface area (Å²) >= 11 is 2.01. The quantitative estimate of drug-likeness (QED) is 0.882. The van der Waals surface area contributed by atoms with Crippen LogP contribution in [0.2, 0.25) is 0 Å². The molecule has 0 spiro atoms. The number of likely N-dealkylation sites (tertiary alicyclic amines) is 1. The molecule has 1 saturated heterocycles. The van der Waals surface area contributed by atoms with Gasteiger partial charge in [0.2, 0.25) is 0 Å². The van der Waals surface area contributed by atoms with Crippen LogP contribution < -0.4 is 5.32 Å². The van der Waals surface area contributed by atoms with Crippen LogP contribution in [-0.2, 0) is 13.1 Å². The van der Waals surface area contributed by atoms with Gasteiger partial charge in [-0.25, -0.2) is 0 Å². The normalized spacial score (nSPS) is 29.8. The lowest BCUT2D eigenvalue weighted by atomic mass is 9.91. The molecular weight excluding hydrogens is 276 g/mol. The summed E-state index contributed by atoms with van der Waals surface area (Å²) in [5.74, 6) is 1.01. The van der Waals surface area contributed by atoms with Crippen molar-refractivity contribution in [3.63, 3.8) is 0 Å². The number of hydrogen-bond donors (Lipinski definition) is 1. The summed E-state index contributed by atoms with van der Waals surface area (Å²) in [6, 6.07) is 4.19. The molecule has 1 aromatic rings. The smallest absolute Gasteiger partial charge is 0.0302 e. The van der Waals surface area contributed by atoms with Crippen LogP contribution in [0.4, 0.5) is 0 Å². The van der Waals surface area contributed by atoms with E-state index in [-0.39, 0.29) is 0 Å². The van der Waals surface area contributed by atoms with Gasteiger partial charge < -0.3 is 5.32 Å². The molecule has 2 saturated carbocycles. The molecule has 1 aromatic heterocycles. The molecule has 1 aliphatic heterocycles. The number of thiophene rings is 1. The van der Waals surface area contributed by atoms with E-state index in [2.05, 4.69) is 23.2 Å². The summed E-state index contributed by atoms with van der Waals surface area (Å²) in [5, 5.41) is 3.65. The van der Waals surface area contributed by atoms with Crippen molar-refractivity contribution in [2.24, 2.45) is 5.92 Å². The molecule has 116 valence electrons. The van der Waals surface area contributed by atoms with Crippen molar-refractivity contribution in [1.29, 1.82) is 0 Å². The molecule has 2 unspecified atom stereocenters. The molecule has 3 heteroatoms. The van der Waals surface area contributed by atoms with Gasteiger partial charge in [-0.1, -0.05) is 6.42 Å². The maximum atomic E-state index is 3.65. The first-order chi connectivity index (χ1) is 10.3. The molecule has 0 amide bonds. The molecule has 0 bridgehead atoms. The second kappa shape index (κ2) is 6.02. The van der Waals surface area contributed by atoms with Gasteiger partial charge in [-0.2, -0.15) is 0 Å². The highest BCUT2D eigenvalue weighted by atomic mass is 32.1. The molecule has 3 fully saturated rings. The van der Waals surface area contributed by atoms with Gasteiger partial charge in [0, 0.05) is 34.9 Å². The van der Waals surface area contributed by atoms with Gasteiger partial charge in [0.25, 0.3) is 0 Å². The highest BCUT2D eigenvalue weighted by molar-refractivity contribution is 7.12. The maximum absolute atomic E-state index is 3.65. The van der Waals surface area contributed by atoms with Gasteiger partial charge in [-0.05, 0) is 69.5 Å². The molecule has 2 atom stereocenters. The van der Waals surface area contributed by atoms with Crippen molar-refractivity contribution in [1.82, 2.24) is 10.2 Å². The Morgan fingerprint density at radius 1 is 1.19 bits per heavy atom. The number of hydrogen-bond acceptors (Lipinski definition) is 3. The topological polar surface area (TPSA) is 15.3 Å². The van der Waals surface area contributed by atoms with E-state index in [9.17, 15) is 0 Å². The highest BCUT2D eigenvalue weighted by Gasteiger charge is 2.35. The molecule has 4 rings (SSSR count). The second-order valence-corrected chi connectivity index (χ2v) is 8.66. The summed E-state index contributed by atoms with van der Waals surface area (Å²) in [6.07, 6.45) is 10.1. The molecular formula is C18H28N2S. The van der Waals surface area contributed by atoms with Gasteiger partial charge >= 0.3 is 0 Å². The lowest BCUT2D eigenvalue weighted by Gasteiger charge is -2.37. The summed E-state index contributed by atoms with van der Waals surface area (Å²) in [6.45, 7) is 5.93. The molecule has 0 aromatic carbocycles. The van der Waals surface area contributed by atoms with Crippen LogP contribution in [0.5, 0.6) is 0 Å². The summed E-state index contributed by atoms with van der Waals surface area (Å²) in [5.41, 5.74) is 1.60. The zero-order chi connectivity index (χ0) is 14.2. The van der Waals surface area contributed by atoms with E-state index in [0.717, 1.165) is 24.5 Å². The second-order valence-electron chi connectivity index (χ2n) is 7.32. The van der Waals surface area contributed by atoms with Gasteiger partial charge in [-0.15, -0.1) is 11.3 Å². The van der Waals surface area contributed by atoms with Gasteiger partial charge in [0.05, 0.1) is 0 Å². The predicted molar refractivity (Wildman–Crippen MR) is 89.7 cm³/mol. The first kappa shape index (κ1) is 14.2. The van der Waals surface area contributed by atoms with Crippen molar-refractivity contribution in [3.8, 4) is 0 Å². The van der Waals surface area contributed by atoms with Crippen molar-refractivity contribution in [2.75, 3.05) is 6.54 Å². The fraction of sp³-hybridized carbons (Fsp3) is 0.778. The number of aryl methyl sites for hydroxylation is 1. The van der Waals surface area contributed by atoms with Crippen LogP contribution in [0.3, 0.4) is 0 Å². The summed E-state index contributed by atoms with van der Waals surface area (Å²) < 4.78 is 0. The fourth-order valence-electron chi connectivity index (χ4n) is 4.34. The lowest BCUT2D eigenvalue weighted by Crippen LogP contribution is -2.41. The largest absolute Gasteiger partial charge is 0.309 e. The Labute approximate surface area is 132 Å². The van der Waals surface area contributed by atoms with E-state index in [1.54, 1.807) is 10.4 Å². The first-order valence-electron chi connectivity index (χ1n) is 8.85. The Bertz CT molecular complexity index is 491. The Morgan fingerprint density at radius 3 is 2.90 bits per heavy atom. The molecule has 21 heavy (non-hydrogen) atoms. The van der Waals surface area contributed by atoms with Crippen molar-refractivity contribution in [2.45, 2.75) is 77.0 Å². The van der Waals surface area contributed by atoms with E-state index in [0.29, 0.717) is 0 Å². The van der Waals surface area contributed by atoms with Crippen LogP contribution in [-0.4, -0.2) is 23.5 Å². The van der Waals surface area contributed by atoms with Gasteiger partial charge in [0.1, 0.15) is 0 Å². The van der Waals surface area contributed by atoms with Crippen LogP contribution >= 0.6 is 11.3 Å². The minimum atomic E-state index is 0.817. The molecule has 2 heterocycles. The average Bonchev–Trinajstić information content (AvgIpc) is 3.07. The van der Waals surface area contributed by atoms with Gasteiger partial charge in [-0.3, -0.25) is 4.90 Å². The van der Waals surface area contributed by atoms with E-state index in [1.807, 2.05) is 11.3 Å². The predicted octanol–water partition coefficient (Wildman–Crippen LogP) is 4.07. The number of nitrogens with one attached hydrogen (secondary N) is 1. The highest BCUT2D eigenvalue weighted by Crippen LogP contribution is 2.38. The molecule has 2 aliphatic carbocycles. The Kier molecular flexibility index (Phi) is 4.08. The third-order valence-electron chi connectivity index (χ3n) is 5.70. The summed E-state index contributed by atoms with van der Waals surface area (Å²) in [7, 11) is 0. The van der Waals surface area contributed by atoms with Crippen molar-refractivity contribution in [3.05, 3.63) is 21.4 Å². The standard InChI is InChI=1S/C18H28N2S/c1-13-15(10-17(21-13)11-19-16-7-8-16)12-20-9-3-5-14-4-2-6-18(14)20/h10,14,16,18-19H,2-9,11-12H2,1H3. The Morgan fingerprint density at radius 2 is 2.05 bits per heavy atom. The lowest BCUT2D eigenvalue weighted by molar-refractivity contribution is 0.106. The Balaban J connectivity index is 1.40. The minimum Gasteiger partial charge on any atom is -0.309 e. The van der Waals surface area contributed by atoms with Crippen LogP contribution in [0, 0.1) is 12.8 Å². The van der Waals surface area contributed by atoms with Crippen LogP contribution in [0.1, 0.15) is 60.3 Å².